The van der Waals surface area contributed by atoms with Crippen molar-refractivity contribution < 1.29 is 9.59 Å². The number of nitrogens with one attached hydrogen (secondary N) is 1. The van der Waals surface area contributed by atoms with Gasteiger partial charge >= 0.3 is 6.03 Å². The van der Waals surface area contributed by atoms with Crippen LogP contribution in [-0.4, -0.2) is 71.4 Å². The summed E-state index contributed by atoms with van der Waals surface area (Å²) >= 11 is 0. The second kappa shape index (κ2) is 8.08. The maximum atomic E-state index is 12.5. The summed E-state index contributed by atoms with van der Waals surface area (Å²) in [7, 11) is 0. The molecule has 0 bridgehead atoms. The minimum Gasteiger partial charge on any atom is -0.338 e. The molecule has 2 saturated heterocycles. The van der Waals surface area contributed by atoms with Crippen LogP contribution >= 0.6 is 0 Å². The van der Waals surface area contributed by atoms with Gasteiger partial charge in [-0.25, -0.2) is 4.79 Å². The molecule has 0 saturated carbocycles. The molecule has 2 fully saturated rings. The number of urea groups is 1. The van der Waals surface area contributed by atoms with Gasteiger partial charge in [-0.1, -0.05) is 24.3 Å². The summed E-state index contributed by atoms with van der Waals surface area (Å²) < 4.78 is 0. The molecule has 6 heteroatoms. The Hall–Kier alpha value is -2.08. The van der Waals surface area contributed by atoms with Crippen molar-refractivity contribution in [3.63, 3.8) is 0 Å². The summed E-state index contributed by atoms with van der Waals surface area (Å²) in [5, 5.41) is 2.93. The van der Waals surface area contributed by atoms with Gasteiger partial charge < -0.3 is 15.1 Å². The van der Waals surface area contributed by atoms with Crippen molar-refractivity contribution in [2.24, 2.45) is 0 Å². The molecular weight excluding hydrogens is 328 g/mol. The van der Waals surface area contributed by atoms with E-state index in [-0.39, 0.29) is 24.0 Å². The van der Waals surface area contributed by atoms with E-state index >= 15 is 0 Å². The third-order valence-corrected chi connectivity index (χ3v) is 5.48. The molecule has 1 aromatic carbocycles. The van der Waals surface area contributed by atoms with Gasteiger partial charge in [-0.2, -0.15) is 0 Å². The van der Waals surface area contributed by atoms with Crippen molar-refractivity contribution in [3.8, 4) is 0 Å². The number of rotatable bonds is 4. The lowest BCUT2D eigenvalue weighted by Crippen LogP contribution is -2.54. The number of aryl methyl sites for hydroxylation is 1. The first-order valence-corrected chi connectivity index (χ1v) is 9.58. The van der Waals surface area contributed by atoms with E-state index < -0.39 is 0 Å². The van der Waals surface area contributed by atoms with E-state index in [4.69, 9.17) is 0 Å². The van der Waals surface area contributed by atoms with E-state index in [1.807, 2.05) is 23.6 Å². The third kappa shape index (κ3) is 4.18. The Balaban J connectivity index is 1.47. The van der Waals surface area contributed by atoms with Crippen LogP contribution in [0.3, 0.4) is 0 Å². The lowest BCUT2D eigenvalue weighted by atomic mass is 10.1. The Morgan fingerprint density at radius 3 is 2.46 bits per heavy atom. The van der Waals surface area contributed by atoms with Crippen LogP contribution in [0.5, 0.6) is 0 Å². The fourth-order valence-electron chi connectivity index (χ4n) is 3.73. The van der Waals surface area contributed by atoms with Gasteiger partial charge in [-0.3, -0.25) is 9.69 Å². The van der Waals surface area contributed by atoms with E-state index in [2.05, 4.69) is 41.4 Å². The zero-order valence-electron chi connectivity index (χ0n) is 16.1. The van der Waals surface area contributed by atoms with Crippen molar-refractivity contribution in [2.75, 3.05) is 32.7 Å². The molecule has 1 N–H and O–H groups in total. The topological polar surface area (TPSA) is 55.9 Å². The second-order valence-electron chi connectivity index (χ2n) is 7.61. The summed E-state index contributed by atoms with van der Waals surface area (Å²) in [5.74, 6) is 0.0477. The van der Waals surface area contributed by atoms with Crippen molar-refractivity contribution in [3.05, 3.63) is 35.4 Å². The molecule has 0 aromatic heterocycles. The number of amides is 3. The number of carbonyl (C=O) groups is 2. The first-order chi connectivity index (χ1) is 12.5. The predicted octanol–water partition coefficient (Wildman–Crippen LogP) is 1.83. The Morgan fingerprint density at radius 2 is 1.85 bits per heavy atom. The van der Waals surface area contributed by atoms with Crippen molar-refractivity contribution in [2.45, 2.75) is 45.8 Å². The minimum absolute atomic E-state index is 0.0477. The largest absolute Gasteiger partial charge is 0.338 e. The first-order valence-electron chi connectivity index (χ1n) is 9.58. The molecule has 26 heavy (non-hydrogen) atoms. The predicted molar refractivity (Wildman–Crippen MR) is 102 cm³/mol. The monoisotopic (exact) mass is 358 g/mol. The zero-order valence-corrected chi connectivity index (χ0v) is 16.1. The Kier molecular flexibility index (Phi) is 5.81. The quantitative estimate of drug-likeness (QED) is 0.893. The highest BCUT2D eigenvalue weighted by molar-refractivity contribution is 5.88. The number of likely N-dealkylation sites (tertiary alicyclic amines) is 1. The van der Waals surface area contributed by atoms with Gasteiger partial charge in [0, 0.05) is 45.3 Å². The molecule has 1 aromatic rings. The van der Waals surface area contributed by atoms with E-state index in [0.717, 1.165) is 26.2 Å². The average Bonchev–Trinajstić information content (AvgIpc) is 2.98. The van der Waals surface area contributed by atoms with Crippen molar-refractivity contribution in [1.29, 1.82) is 0 Å². The highest BCUT2D eigenvalue weighted by Gasteiger charge is 2.35. The number of hydrogen-bond donors (Lipinski definition) is 1. The Morgan fingerprint density at radius 1 is 1.15 bits per heavy atom. The lowest BCUT2D eigenvalue weighted by molar-refractivity contribution is -0.130. The molecule has 2 heterocycles. The molecule has 6 nitrogen and oxygen atoms in total. The van der Waals surface area contributed by atoms with Crippen LogP contribution in [0.15, 0.2) is 24.3 Å². The molecule has 142 valence electrons. The molecule has 3 amide bonds. The van der Waals surface area contributed by atoms with Crippen LogP contribution in [0.2, 0.25) is 0 Å². The lowest BCUT2D eigenvalue weighted by Gasteiger charge is -2.35. The van der Waals surface area contributed by atoms with E-state index in [9.17, 15) is 9.59 Å². The number of carbonyl (C=O) groups excluding carboxylic acids is 2. The van der Waals surface area contributed by atoms with Crippen molar-refractivity contribution in [1.82, 2.24) is 20.0 Å². The van der Waals surface area contributed by atoms with Crippen LogP contribution in [0.4, 0.5) is 4.79 Å². The molecule has 0 aliphatic carbocycles. The highest BCUT2D eigenvalue weighted by Crippen LogP contribution is 2.16. The van der Waals surface area contributed by atoms with Gasteiger partial charge in [0.1, 0.15) is 6.04 Å². The fourth-order valence-corrected chi connectivity index (χ4v) is 3.73. The summed E-state index contributed by atoms with van der Waals surface area (Å²) in [6.07, 6.45) is 0.704. The van der Waals surface area contributed by atoms with Crippen molar-refractivity contribution >= 4 is 11.9 Å². The van der Waals surface area contributed by atoms with Crippen LogP contribution in [0.1, 0.15) is 31.4 Å². The molecule has 0 radical (unpaired) electrons. The molecule has 2 aliphatic rings. The molecule has 3 rings (SSSR count). The number of nitrogens with zero attached hydrogens (tertiary/aromatic N) is 3. The average molecular weight is 358 g/mol. The van der Waals surface area contributed by atoms with E-state index in [1.165, 1.54) is 11.1 Å². The maximum absolute atomic E-state index is 12.5. The molecular formula is C20H30N4O2. The summed E-state index contributed by atoms with van der Waals surface area (Å²) in [6, 6.07) is 8.16. The van der Waals surface area contributed by atoms with Gasteiger partial charge in [0.25, 0.3) is 0 Å². The van der Waals surface area contributed by atoms with Gasteiger partial charge in [-0.05, 0) is 38.3 Å². The van der Waals surface area contributed by atoms with Crippen LogP contribution in [-0.2, 0) is 11.3 Å². The molecule has 2 aliphatic heterocycles. The van der Waals surface area contributed by atoms with Crippen LogP contribution in [0, 0.1) is 6.92 Å². The van der Waals surface area contributed by atoms with Gasteiger partial charge in [-0.15, -0.1) is 0 Å². The fraction of sp³-hybridized carbons (Fsp3) is 0.600. The second-order valence-corrected chi connectivity index (χ2v) is 7.61. The van der Waals surface area contributed by atoms with Gasteiger partial charge in [0.2, 0.25) is 5.91 Å². The normalized spacial score (nSPS) is 21.5. The Labute approximate surface area is 156 Å². The van der Waals surface area contributed by atoms with Crippen LogP contribution in [0.25, 0.3) is 0 Å². The Bertz CT molecular complexity index is 653. The first kappa shape index (κ1) is 18.7. The smallest absolute Gasteiger partial charge is 0.318 e. The van der Waals surface area contributed by atoms with Gasteiger partial charge in [0.15, 0.2) is 0 Å². The maximum Gasteiger partial charge on any atom is 0.318 e. The number of hydrogen-bond acceptors (Lipinski definition) is 3. The van der Waals surface area contributed by atoms with E-state index in [0.29, 0.717) is 19.5 Å². The molecule has 1 atom stereocenters. The van der Waals surface area contributed by atoms with E-state index in [1.54, 1.807) is 0 Å². The highest BCUT2D eigenvalue weighted by atomic mass is 16.2. The summed E-state index contributed by atoms with van der Waals surface area (Å²) in [5.41, 5.74) is 2.65. The molecule has 1 unspecified atom stereocenters. The third-order valence-electron chi connectivity index (χ3n) is 5.48. The minimum atomic E-state index is -0.366. The van der Waals surface area contributed by atoms with Gasteiger partial charge in [0.05, 0.1) is 0 Å². The number of piperazine rings is 1. The SMILES string of the molecule is Cc1ccccc1CN1CCN(C(=O)NC2CCN(C(C)C)C2=O)CC1. The standard InChI is InChI=1S/C20H30N4O2/c1-15(2)24-9-8-18(19(24)25)21-20(26)23-12-10-22(11-13-23)14-17-7-5-4-6-16(17)3/h4-7,15,18H,8-14H2,1-3H3,(H,21,26). The summed E-state index contributed by atoms with van der Waals surface area (Å²) in [4.78, 5) is 30.9. The number of benzene rings is 1. The molecule has 0 spiro atoms. The zero-order chi connectivity index (χ0) is 18.7. The van der Waals surface area contributed by atoms with Crippen LogP contribution < -0.4 is 5.32 Å². The summed E-state index contributed by atoms with van der Waals surface area (Å²) in [6.45, 7) is 10.9.